The Morgan fingerprint density at radius 3 is 2.92 bits per heavy atom. The van der Waals surface area contributed by atoms with E-state index in [1.165, 1.54) is 0 Å². The molecule has 0 aliphatic rings. The highest BCUT2D eigenvalue weighted by molar-refractivity contribution is 6.10. The molecule has 0 saturated heterocycles. The molecule has 0 saturated carbocycles. The molecule has 4 aromatic heterocycles. The van der Waals surface area contributed by atoms with Gasteiger partial charge in [0.25, 0.3) is 0 Å². The highest BCUT2D eigenvalue weighted by Gasteiger charge is 2.17. The maximum absolute atomic E-state index is 5.86. The Kier molecular flexibility index (Phi) is 2.53. The number of aryl methyl sites for hydroxylation is 2. The fraction of sp³-hybridized carbons (Fsp3) is 0.111. The minimum absolute atomic E-state index is 0.848. The van der Waals surface area contributed by atoms with E-state index in [9.17, 15) is 0 Å². The van der Waals surface area contributed by atoms with Crippen LogP contribution in [0.25, 0.3) is 39.1 Å². The van der Waals surface area contributed by atoms with Crippen LogP contribution in [0.2, 0.25) is 0 Å². The first-order chi connectivity index (χ1) is 11.7. The van der Waals surface area contributed by atoms with Crippen LogP contribution in [-0.2, 0) is 14.1 Å². The lowest BCUT2D eigenvalue weighted by Gasteiger charge is -2.03. The molecule has 0 spiro atoms. The molecule has 4 heterocycles. The van der Waals surface area contributed by atoms with Gasteiger partial charge in [-0.2, -0.15) is 0 Å². The van der Waals surface area contributed by atoms with Gasteiger partial charge in [-0.05, 0) is 12.1 Å². The number of hydrogen-bond acceptors (Lipinski definition) is 2. The summed E-state index contributed by atoms with van der Waals surface area (Å²) in [5.74, 6) is 0.921. The van der Waals surface area contributed by atoms with Crippen LogP contribution in [-0.4, -0.2) is 19.1 Å². The summed E-state index contributed by atoms with van der Waals surface area (Å²) in [6, 6.07) is 6.17. The molecule has 118 valence electrons. The quantitative estimate of drug-likeness (QED) is 0.402. The van der Waals surface area contributed by atoms with Gasteiger partial charge in [0.2, 0.25) is 6.33 Å². The maximum Gasteiger partial charge on any atom is 0.243 e. The number of fused-ring (bicyclic) bond motifs is 3. The monoisotopic (exact) mass is 317 g/mol. The van der Waals surface area contributed by atoms with Gasteiger partial charge in [0.05, 0.1) is 24.3 Å². The Labute approximate surface area is 137 Å². The molecule has 0 radical (unpaired) electrons. The number of furan rings is 1. The van der Waals surface area contributed by atoms with E-state index in [1.54, 1.807) is 12.5 Å². The number of aromatic amines is 1. The molecule has 0 fully saturated rings. The van der Waals surface area contributed by atoms with Crippen LogP contribution in [0.5, 0.6) is 0 Å². The van der Waals surface area contributed by atoms with Gasteiger partial charge in [-0.3, -0.25) is 0 Å². The van der Waals surface area contributed by atoms with Crippen LogP contribution >= 0.6 is 0 Å². The van der Waals surface area contributed by atoms with Gasteiger partial charge in [0.15, 0.2) is 5.58 Å². The fourth-order valence-corrected chi connectivity index (χ4v) is 3.20. The van der Waals surface area contributed by atoms with E-state index in [2.05, 4.69) is 28.4 Å². The molecule has 6 heteroatoms. The Bertz CT molecular complexity index is 1190. The normalized spacial score (nSPS) is 11.8. The molecule has 0 bridgehead atoms. The first kappa shape index (κ1) is 13.2. The van der Waals surface area contributed by atoms with Crippen molar-refractivity contribution >= 4 is 22.0 Å². The smallest absolute Gasteiger partial charge is 0.243 e. The summed E-state index contributed by atoms with van der Waals surface area (Å²) in [5, 5.41) is 1.05. The molecule has 1 N–H and O–H groups in total. The van der Waals surface area contributed by atoms with Crippen LogP contribution in [0.1, 0.15) is 0 Å². The number of nitrogens with zero attached hydrogens (tertiary/aromatic N) is 4. The van der Waals surface area contributed by atoms with Crippen molar-refractivity contribution in [2.24, 2.45) is 14.1 Å². The Morgan fingerprint density at radius 2 is 2.17 bits per heavy atom. The van der Waals surface area contributed by atoms with E-state index in [4.69, 9.17) is 4.42 Å². The first-order valence-electron chi connectivity index (χ1n) is 7.68. The van der Waals surface area contributed by atoms with E-state index in [1.807, 2.05) is 52.5 Å². The molecule has 0 unspecified atom stereocenters. The number of imidazole rings is 2. The summed E-state index contributed by atoms with van der Waals surface area (Å²) in [6.07, 6.45) is 12.6. The molecule has 6 nitrogen and oxygen atoms in total. The zero-order chi connectivity index (χ0) is 16.3. The summed E-state index contributed by atoms with van der Waals surface area (Å²) in [7, 11) is 3.94. The largest absolute Gasteiger partial charge is 0.468 e. The molecule has 24 heavy (non-hydrogen) atoms. The zero-order valence-electron chi connectivity index (χ0n) is 13.3. The molecule has 1 aromatic carbocycles. The van der Waals surface area contributed by atoms with Crippen molar-refractivity contribution in [3.8, 4) is 17.1 Å². The highest BCUT2D eigenvalue weighted by atomic mass is 16.3. The lowest BCUT2D eigenvalue weighted by atomic mass is 10.1. The van der Waals surface area contributed by atoms with Crippen molar-refractivity contribution in [2.45, 2.75) is 0 Å². The lowest BCUT2D eigenvalue weighted by molar-refractivity contribution is -0.674. The van der Waals surface area contributed by atoms with Gasteiger partial charge in [0, 0.05) is 42.8 Å². The number of nitrogens with one attached hydrogen (secondary N) is 1. The van der Waals surface area contributed by atoms with Gasteiger partial charge in [-0.25, -0.2) is 4.98 Å². The third-order valence-corrected chi connectivity index (χ3v) is 4.36. The second-order valence-electron chi connectivity index (χ2n) is 5.92. The predicted molar refractivity (Wildman–Crippen MR) is 89.6 cm³/mol. The second-order valence-corrected chi connectivity index (χ2v) is 5.92. The summed E-state index contributed by atoms with van der Waals surface area (Å²) in [6.45, 7) is 0. The van der Waals surface area contributed by atoms with Crippen molar-refractivity contribution in [3.05, 3.63) is 55.6 Å². The van der Waals surface area contributed by atoms with Crippen molar-refractivity contribution in [1.82, 2.24) is 19.1 Å². The summed E-state index contributed by atoms with van der Waals surface area (Å²) >= 11 is 0. The summed E-state index contributed by atoms with van der Waals surface area (Å²) in [5.41, 5.74) is 4.82. The summed E-state index contributed by atoms with van der Waals surface area (Å²) in [4.78, 5) is 7.99. The number of para-hydroxylation sites is 1. The van der Waals surface area contributed by atoms with Crippen molar-refractivity contribution in [3.63, 3.8) is 0 Å². The minimum Gasteiger partial charge on any atom is -0.468 e. The number of benzene rings is 1. The van der Waals surface area contributed by atoms with Crippen molar-refractivity contribution in [1.29, 1.82) is 0 Å². The molecule has 0 amide bonds. The molecular weight excluding hydrogens is 302 g/mol. The van der Waals surface area contributed by atoms with Gasteiger partial charge < -0.3 is 23.1 Å². The zero-order valence-corrected chi connectivity index (χ0v) is 13.3. The highest BCUT2D eigenvalue weighted by Crippen LogP contribution is 2.35. The van der Waals surface area contributed by atoms with Gasteiger partial charge >= 0.3 is 0 Å². The van der Waals surface area contributed by atoms with E-state index in [-0.39, 0.29) is 0 Å². The molecule has 0 atom stereocenters. The van der Waals surface area contributed by atoms with Crippen LogP contribution in [0.15, 0.2) is 53.7 Å². The average molecular weight is 317 g/mol. The van der Waals surface area contributed by atoms with E-state index >= 15 is 0 Å². The van der Waals surface area contributed by atoms with Crippen LogP contribution < -0.4 is 4.57 Å². The standard InChI is InChI=1S/C18H15N5O/c1-21-8-9-23(11-21)14-10-24-17-12-4-3-5-13(15(12)20-16(14)17)18-19-6-7-22(18)2/h3-10,20H,1-2H3. The van der Waals surface area contributed by atoms with Crippen LogP contribution in [0, 0.1) is 6.33 Å². The van der Waals surface area contributed by atoms with Gasteiger partial charge in [-0.1, -0.05) is 6.07 Å². The van der Waals surface area contributed by atoms with E-state index in [0.717, 1.165) is 39.1 Å². The first-order valence-corrected chi connectivity index (χ1v) is 7.68. The average Bonchev–Trinajstić information content (AvgIpc) is 3.31. The Hall–Kier alpha value is -3.28. The molecule has 5 aromatic rings. The molecule has 0 aliphatic carbocycles. The fourth-order valence-electron chi connectivity index (χ4n) is 3.20. The van der Waals surface area contributed by atoms with Gasteiger partial charge in [-0.15, -0.1) is 0 Å². The lowest BCUT2D eigenvalue weighted by Crippen LogP contribution is -2.24. The number of H-pyrrole nitrogens is 1. The maximum atomic E-state index is 5.86. The van der Waals surface area contributed by atoms with Crippen LogP contribution in [0.3, 0.4) is 0 Å². The third-order valence-electron chi connectivity index (χ3n) is 4.36. The molecule has 0 aliphatic heterocycles. The third kappa shape index (κ3) is 1.70. The number of aromatic nitrogens is 5. The second kappa shape index (κ2) is 4.61. The minimum atomic E-state index is 0.848. The van der Waals surface area contributed by atoms with E-state index in [0.29, 0.717) is 0 Å². The number of rotatable bonds is 2. The number of hydrogen-bond donors (Lipinski definition) is 1. The Morgan fingerprint density at radius 1 is 1.25 bits per heavy atom. The van der Waals surface area contributed by atoms with Crippen molar-refractivity contribution < 1.29 is 8.98 Å². The van der Waals surface area contributed by atoms with Crippen LogP contribution in [0.4, 0.5) is 0 Å². The topological polar surface area (TPSA) is 55.6 Å². The molecule has 5 rings (SSSR count). The van der Waals surface area contributed by atoms with Crippen molar-refractivity contribution in [2.75, 3.05) is 0 Å². The SMILES string of the molecule is Cn1ccnc1-c1cccc2c1[nH]c1c(-n3[c-][n+](C)cc3)coc12. The predicted octanol–water partition coefficient (Wildman–Crippen LogP) is 2.73. The summed E-state index contributed by atoms with van der Waals surface area (Å²) < 4.78 is 11.7. The Balaban J connectivity index is 1.82. The van der Waals surface area contributed by atoms with E-state index < -0.39 is 0 Å². The molecular formula is C18H15N5O. The van der Waals surface area contributed by atoms with Gasteiger partial charge in [0.1, 0.15) is 11.5 Å².